The van der Waals surface area contributed by atoms with Crippen molar-refractivity contribution >= 4 is 0 Å². The Labute approximate surface area is 113 Å². The van der Waals surface area contributed by atoms with Gasteiger partial charge in [0.25, 0.3) is 0 Å². The van der Waals surface area contributed by atoms with Crippen LogP contribution in [0.5, 0.6) is 0 Å². The molecule has 1 aliphatic rings. The summed E-state index contributed by atoms with van der Waals surface area (Å²) in [4.78, 5) is 0. The Morgan fingerprint density at radius 3 is 2.72 bits per heavy atom. The number of rotatable bonds is 8. The van der Waals surface area contributed by atoms with E-state index in [1.807, 2.05) is 0 Å². The van der Waals surface area contributed by atoms with Gasteiger partial charge in [-0.25, -0.2) is 0 Å². The maximum atomic E-state index is 5.18. The highest BCUT2D eigenvalue weighted by Gasteiger charge is 2.30. The van der Waals surface area contributed by atoms with Crippen molar-refractivity contribution < 1.29 is 4.74 Å². The molecule has 0 spiro atoms. The standard InChI is InChI=1S/C15H32N2O/c1-5-15(7-6-9-16-12-15)13-17-11-14(2,3)8-10-18-4/h16-17H,5-13H2,1-4H3. The molecule has 0 aromatic heterocycles. The van der Waals surface area contributed by atoms with Gasteiger partial charge in [-0.2, -0.15) is 0 Å². The molecule has 1 heterocycles. The highest BCUT2D eigenvalue weighted by atomic mass is 16.5. The first-order chi connectivity index (χ1) is 8.54. The molecular weight excluding hydrogens is 224 g/mol. The number of nitrogens with one attached hydrogen (secondary N) is 2. The average Bonchev–Trinajstić information content (AvgIpc) is 2.37. The first-order valence-electron chi connectivity index (χ1n) is 7.44. The average molecular weight is 256 g/mol. The molecular formula is C15H32N2O. The second kappa shape index (κ2) is 7.46. The lowest BCUT2D eigenvalue weighted by Crippen LogP contribution is -2.47. The monoisotopic (exact) mass is 256 g/mol. The van der Waals surface area contributed by atoms with E-state index in [0.717, 1.165) is 26.1 Å². The normalized spacial score (nSPS) is 25.3. The van der Waals surface area contributed by atoms with Crippen LogP contribution in [0.4, 0.5) is 0 Å². The van der Waals surface area contributed by atoms with E-state index in [0.29, 0.717) is 10.8 Å². The van der Waals surface area contributed by atoms with Gasteiger partial charge in [-0.05, 0) is 43.1 Å². The molecule has 1 rings (SSSR count). The lowest BCUT2D eigenvalue weighted by atomic mass is 9.78. The van der Waals surface area contributed by atoms with Gasteiger partial charge in [-0.1, -0.05) is 20.8 Å². The van der Waals surface area contributed by atoms with Crippen LogP contribution < -0.4 is 10.6 Å². The Morgan fingerprint density at radius 1 is 1.39 bits per heavy atom. The Bertz CT molecular complexity index is 223. The smallest absolute Gasteiger partial charge is 0.0467 e. The van der Waals surface area contributed by atoms with E-state index in [9.17, 15) is 0 Å². The fraction of sp³-hybridized carbons (Fsp3) is 1.00. The van der Waals surface area contributed by atoms with Gasteiger partial charge in [-0.15, -0.1) is 0 Å². The fourth-order valence-corrected chi connectivity index (χ4v) is 2.74. The van der Waals surface area contributed by atoms with Crippen molar-refractivity contribution in [3.05, 3.63) is 0 Å². The first kappa shape index (κ1) is 15.9. The van der Waals surface area contributed by atoms with E-state index < -0.39 is 0 Å². The predicted octanol–water partition coefficient (Wildman–Crippen LogP) is 2.42. The zero-order valence-electron chi connectivity index (χ0n) is 12.8. The molecule has 18 heavy (non-hydrogen) atoms. The third-order valence-electron chi connectivity index (χ3n) is 4.40. The molecule has 1 saturated heterocycles. The molecule has 3 nitrogen and oxygen atoms in total. The maximum Gasteiger partial charge on any atom is 0.0467 e. The van der Waals surface area contributed by atoms with E-state index in [-0.39, 0.29) is 0 Å². The van der Waals surface area contributed by atoms with E-state index in [4.69, 9.17) is 4.74 Å². The van der Waals surface area contributed by atoms with Crippen LogP contribution >= 0.6 is 0 Å². The zero-order valence-corrected chi connectivity index (χ0v) is 12.8. The van der Waals surface area contributed by atoms with Gasteiger partial charge in [-0.3, -0.25) is 0 Å². The Kier molecular flexibility index (Phi) is 6.61. The van der Waals surface area contributed by atoms with Crippen LogP contribution in [0.25, 0.3) is 0 Å². The van der Waals surface area contributed by atoms with E-state index in [2.05, 4.69) is 31.4 Å². The summed E-state index contributed by atoms with van der Waals surface area (Å²) in [6.07, 6.45) is 5.07. The van der Waals surface area contributed by atoms with Gasteiger partial charge in [0.05, 0.1) is 0 Å². The molecule has 0 amide bonds. The summed E-state index contributed by atoms with van der Waals surface area (Å²) in [5, 5.41) is 7.25. The highest BCUT2D eigenvalue weighted by Crippen LogP contribution is 2.29. The highest BCUT2D eigenvalue weighted by molar-refractivity contribution is 4.87. The van der Waals surface area contributed by atoms with Crippen molar-refractivity contribution in [2.75, 3.05) is 39.9 Å². The fourth-order valence-electron chi connectivity index (χ4n) is 2.74. The molecule has 1 aliphatic heterocycles. The third kappa shape index (κ3) is 5.25. The minimum atomic E-state index is 0.326. The largest absolute Gasteiger partial charge is 0.385 e. The lowest BCUT2D eigenvalue weighted by Gasteiger charge is -2.38. The molecule has 1 unspecified atom stereocenters. The number of piperidine rings is 1. The minimum Gasteiger partial charge on any atom is -0.385 e. The van der Waals surface area contributed by atoms with Gasteiger partial charge >= 0.3 is 0 Å². The van der Waals surface area contributed by atoms with E-state index in [1.165, 1.54) is 32.4 Å². The summed E-state index contributed by atoms with van der Waals surface area (Å²) in [5.74, 6) is 0. The van der Waals surface area contributed by atoms with Crippen molar-refractivity contribution in [1.82, 2.24) is 10.6 Å². The Morgan fingerprint density at radius 2 is 2.17 bits per heavy atom. The Balaban J connectivity index is 2.30. The molecule has 1 fully saturated rings. The molecule has 0 saturated carbocycles. The summed E-state index contributed by atoms with van der Waals surface area (Å²) in [5.41, 5.74) is 0.808. The second-order valence-corrected chi connectivity index (χ2v) is 6.64. The van der Waals surface area contributed by atoms with E-state index >= 15 is 0 Å². The number of hydrogen-bond acceptors (Lipinski definition) is 3. The Hall–Kier alpha value is -0.120. The molecule has 0 aliphatic carbocycles. The lowest BCUT2D eigenvalue weighted by molar-refractivity contribution is 0.142. The summed E-state index contributed by atoms with van der Waals surface area (Å²) in [6.45, 7) is 12.4. The van der Waals surface area contributed by atoms with Crippen LogP contribution in [-0.2, 0) is 4.74 Å². The van der Waals surface area contributed by atoms with Gasteiger partial charge in [0.2, 0.25) is 0 Å². The topological polar surface area (TPSA) is 33.3 Å². The summed E-state index contributed by atoms with van der Waals surface area (Å²) >= 11 is 0. The van der Waals surface area contributed by atoms with Crippen LogP contribution in [0.3, 0.4) is 0 Å². The summed E-state index contributed by atoms with van der Waals surface area (Å²) in [7, 11) is 1.78. The molecule has 0 aromatic carbocycles. The molecule has 0 radical (unpaired) electrons. The predicted molar refractivity (Wildman–Crippen MR) is 78.0 cm³/mol. The summed E-state index contributed by atoms with van der Waals surface area (Å²) in [6, 6.07) is 0. The quantitative estimate of drug-likeness (QED) is 0.700. The van der Waals surface area contributed by atoms with Gasteiger partial charge in [0.1, 0.15) is 0 Å². The number of methoxy groups -OCH3 is 1. The molecule has 108 valence electrons. The third-order valence-corrected chi connectivity index (χ3v) is 4.40. The van der Waals surface area contributed by atoms with Crippen molar-refractivity contribution in [1.29, 1.82) is 0 Å². The van der Waals surface area contributed by atoms with Crippen molar-refractivity contribution in [3.8, 4) is 0 Å². The van der Waals surface area contributed by atoms with Crippen molar-refractivity contribution in [2.24, 2.45) is 10.8 Å². The maximum absolute atomic E-state index is 5.18. The van der Waals surface area contributed by atoms with Gasteiger partial charge in [0, 0.05) is 33.4 Å². The second-order valence-electron chi connectivity index (χ2n) is 6.64. The van der Waals surface area contributed by atoms with Gasteiger partial charge < -0.3 is 15.4 Å². The van der Waals surface area contributed by atoms with E-state index in [1.54, 1.807) is 7.11 Å². The van der Waals surface area contributed by atoms with Crippen molar-refractivity contribution in [3.63, 3.8) is 0 Å². The SMILES string of the molecule is CCC1(CNCC(C)(C)CCOC)CCCNC1. The van der Waals surface area contributed by atoms with Gasteiger partial charge in [0.15, 0.2) is 0 Å². The summed E-state index contributed by atoms with van der Waals surface area (Å²) < 4.78 is 5.18. The molecule has 0 bridgehead atoms. The molecule has 0 aromatic rings. The first-order valence-corrected chi connectivity index (χ1v) is 7.44. The zero-order chi connectivity index (χ0) is 13.5. The number of hydrogen-bond donors (Lipinski definition) is 2. The van der Waals surface area contributed by atoms with Crippen LogP contribution in [-0.4, -0.2) is 39.9 Å². The van der Waals surface area contributed by atoms with Crippen LogP contribution in [0.1, 0.15) is 46.5 Å². The van der Waals surface area contributed by atoms with Crippen LogP contribution in [0, 0.1) is 10.8 Å². The molecule has 1 atom stereocenters. The molecule has 3 heteroatoms. The van der Waals surface area contributed by atoms with Crippen molar-refractivity contribution in [2.45, 2.75) is 46.5 Å². The minimum absolute atomic E-state index is 0.326. The molecule has 2 N–H and O–H groups in total. The number of ether oxygens (including phenoxy) is 1. The van der Waals surface area contributed by atoms with Crippen LogP contribution in [0.15, 0.2) is 0 Å². The van der Waals surface area contributed by atoms with Crippen LogP contribution in [0.2, 0.25) is 0 Å².